The minimum Gasteiger partial charge on any atom is -0.548 e. The maximum absolute atomic E-state index is 13.4. The van der Waals surface area contributed by atoms with E-state index in [1.807, 2.05) is 4.90 Å². The van der Waals surface area contributed by atoms with Gasteiger partial charge in [0.25, 0.3) is 11.8 Å². The predicted molar refractivity (Wildman–Crippen MR) is 96.1 cm³/mol. The Morgan fingerprint density at radius 2 is 2.13 bits per heavy atom. The standard InChI is InChI=1S/C16H15BrFN7O4.Na/c17-11-2-1-9(18)7-12(11)28-10-3-5-24(6-4-10)16-19-15(29-22-16)14-20-23-25(21-14)8-13(26)27;/h1-2,7,10H,3-6,8H2,(H,26,27);/q;+1/p-1. The van der Waals surface area contributed by atoms with Crippen LogP contribution in [0.1, 0.15) is 12.8 Å². The van der Waals surface area contributed by atoms with E-state index in [0.29, 0.717) is 42.1 Å². The summed E-state index contributed by atoms with van der Waals surface area (Å²) in [6, 6.07) is 4.32. The summed E-state index contributed by atoms with van der Waals surface area (Å²) in [7, 11) is 0. The molecule has 0 bridgehead atoms. The maximum Gasteiger partial charge on any atom is 1.00 e. The molecule has 11 nitrogen and oxygen atoms in total. The van der Waals surface area contributed by atoms with Crippen molar-refractivity contribution >= 4 is 27.8 Å². The van der Waals surface area contributed by atoms with E-state index >= 15 is 0 Å². The van der Waals surface area contributed by atoms with Gasteiger partial charge in [-0.25, -0.2) is 4.39 Å². The number of ether oxygens (including phenoxy) is 1. The van der Waals surface area contributed by atoms with Crippen LogP contribution >= 0.6 is 15.9 Å². The number of aliphatic carboxylic acids is 1. The normalized spacial score (nSPS) is 14.4. The van der Waals surface area contributed by atoms with Gasteiger partial charge in [-0.2, -0.15) is 9.78 Å². The summed E-state index contributed by atoms with van der Waals surface area (Å²) < 4.78 is 25.2. The quantitative estimate of drug-likeness (QED) is 0.339. The average molecular weight is 490 g/mol. The Hall–Kier alpha value is -2.09. The first-order valence-corrected chi connectivity index (χ1v) is 9.45. The second kappa shape index (κ2) is 9.81. The van der Waals surface area contributed by atoms with E-state index in [4.69, 9.17) is 9.26 Å². The molecule has 0 atom stereocenters. The Morgan fingerprint density at radius 1 is 1.37 bits per heavy atom. The fraction of sp³-hybridized carbons (Fsp3) is 0.375. The zero-order valence-corrected chi connectivity index (χ0v) is 19.5. The molecule has 0 saturated carbocycles. The van der Waals surface area contributed by atoms with Crippen LogP contribution < -0.4 is 44.3 Å². The van der Waals surface area contributed by atoms with Crippen LogP contribution in [-0.4, -0.2) is 55.5 Å². The van der Waals surface area contributed by atoms with Crippen molar-refractivity contribution in [2.45, 2.75) is 25.5 Å². The molecule has 0 unspecified atom stereocenters. The Bertz CT molecular complexity index is 1020. The summed E-state index contributed by atoms with van der Waals surface area (Å²) >= 11 is 3.36. The van der Waals surface area contributed by atoms with Crippen LogP contribution in [0.2, 0.25) is 0 Å². The van der Waals surface area contributed by atoms with Crippen molar-refractivity contribution in [2.24, 2.45) is 0 Å². The van der Waals surface area contributed by atoms with Crippen LogP contribution in [-0.2, 0) is 11.3 Å². The smallest absolute Gasteiger partial charge is 0.548 e. The number of piperidine rings is 1. The molecule has 14 heteroatoms. The topological polar surface area (TPSA) is 135 Å². The SMILES string of the molecule is O=C([O-])Cn1nnc(-c2nc(N3CCC(Oc4cc(F)ccc4Br)CC3)no2)n1.[Na+]. The molecule has 0 amide bonds. The van der Waals surface area contributed by atoms with Gasteiger partial charge in [0.15, 0.2) is 0 Å². The Labute approximate surface area is 200 Å². The number of anilines is 1. The number of carbonyl (C=O) groups is 1. The largest absolute Gasteiger partial charge is 1.00 e. The van der Waals surface area contributed by atoms with Crippen molar-refractivity contribution in [2.75, 3.05) is 18.0 Å². The first-order valence-electron chi connectivity index (χ1n) is 8.66. The van der Waals surface area contributed by atoms with E-state index in [0.717, 1.165) is 4.80 Å². The Kier molecular flexibility index (Phi) is 7.39. The van der Waals surface area contributed by atoms with Gasteiger partial charge in [-0.05, 0) is 38.4 Å². The molecule has 0 aliphatic carbocycles. The molecule has 0 radical (unpaired) electrons. The van der Waals surface area contributed by atoms with Gasteiger partial charge >= 0.3 is 35.4 Å². The predicted octanol–water partition coefficient (Wildman–Crippen LogP) is -2.57. The molecular weight excluding hydrogens is 476 g/mol. The first kappa shape index (κ1) is 22.6. The van der Waals surface area contributed by atoms with Gasteiger partial charge in [0.1, 0.15) is 24.2 Å². The van der Waals surface area contributed by atoms with Gasteiger partial charge in [0.2, 0.25) is 0 Å². The van der Waals surface area contributed by atoms with Gasteiger partial charge in [0.05, 0.1) is 10.4 Å². The minimum atomic E-state index is -1.34. The molecule has 1 fully saturated rings. The number of aromatic nitrogens is 6. The van der Waals surface area contributed by atoms with Gasteiger partial charge in [-0.1, -0.05) is 0 Å². The molecule has 1 saturated heterocycles. The van der Waals surface area contributed by atoms with Crippen molar-refractivity contribution in [3.05, 3.63) is 28.5 Å². The zero-order chi connectivity index (χ0) is 20.4. The summed E-state index contributed by atoms with van der Waals surface area (Å²) in [6.07, 6.45) is 1.31. The number of rotatable bonds is 6. The van der Waals surface area contributed by atoms with Crippen LogP contribution in [0.4, 0.5) is 10.3 Å². The van der Waals surface area contributed by atoms with Crippen LogP contribution in [0, 0.1) is 5.82 Å². The second-order valence-electron chi connectivity index (χ2n) is 6.29. The first-order chi connectivity index (χ1) is 14.0. The summed E-state index contributed by atoms with van der Waals surface area (Å²) in [5.41, 5.74) is 0. The van der Waals surface area contributed by atoms with E-state index < -0.39 is 12.5 Å². The molecular formula is C16H14BrFN7NaO4. The van der Waals surface area contributed by atoms with Crippen molar-refractivity contribution in [1.82, 2.24) is 30.3 Å². The third kappa shape index (κ3) is 5.33. The van der Waals surface area contributed by atoms with Gasteiger partial charge in [-0.15, -0.1) is 10.2 Å². The van der Waals surface area contributed by atoms with Crippen LogP contribution in [0.3, 0.4) is 0 Å². The minimum absolute atomic E-state index is 0. The van der Waals surface area contributed by atoms with E-state index in [9.17, 15) is 14.3 Å². The third-order valence-corrected chi connectivity index (χ3v) is 4.90. The molecule has 2 aromatic heterocycles. The van der Waals surface area contributed by atoms with E-state index in [2.05, 4.69) is 41.5 Å². The molecule has 1 aliphatic heterocycles. The average Bonchev–Trinajstić information content (AvgIpc) is 3.34. The van der Waals surface area contributed by atoms with Crippen molar-refractivity contribution in [3.63, 3.8) is 0 Å². The number of carbonyl (C=O) groups excluding carboxylic acids is 1. The number of carboxylic acid groups (broad SMARTS) is 1. The number of nitrogens with zero attached hydrogens (tertiary/aromatic N) is 7. The van der Waals surface area contributed by atoms with Crippen molar-refractivity contribution < 1.29 is 53.1 Å². The summed E-state index contributed by atoms with van der Waals surface area (Å²) in [5, 5.41) is 25.6. The van der Waals surface area contributed by atoms with Crippen LogP contribution in [0.15, 0.2) is 27.2 Å². The third-order valence-electron chi connectivity index (χ3n) is 4.24. The van der Waals surface area contributed by atoms with Gasteiger partial charge in [-0.3, -0.25) is 0 Å². The molecule has 3 heterocycles. The molecule has 1 aliphatic rings. The molecule has 0 N–H and O–H groups in total. The number of halogens is 2. The molecule has 152 valence electrons. The molecule has 1 aromatic carbocycles. The number of benzene rings is 1. The summed E-state index contributed by atoms with van der Waals surface area (Å²) in [4.78, 5) is 17.6. The Morgan fingerprint density at radius 3 is 2.87 bits per heavy atom. The fourth-order valence-electron chi connectivity index (χ4n) is 2.87. The van der Waals surface area contributed by atoms with Crippen LogP contribution in [0.5, 0.6) is 5.75 Å². The molecule has 30 heavy (non-hydrogen) atoms. The summed E-state index contributed by atoms with van der Waals surface area (Å²) in [6.45, 7) is 0.700. The van der Waals surface area contributed by atoms with Crippen molar-refractivity contribution in [1.29, 1.82) is 0 Å². The van der Waals surface area contributed by atoms with E-state index in [1.165, 1.54) is 12.1 Å². The van der Waals surface area contributed by atoms with E-state index in [1.54, 1.807) is 6.07 Å². The fourth-order valence-corrected chi connectivity index (χ4v) is 3.21. The second-order valence-corrected chi connectivity index (χ2v) is 7.15. The number of tetrazole rings is 1. The van der Waals surface area contributed by atoms with E-state index in [-0.39, 0.29) is 53.2 Å². The van der Waals surface area contributed by atoms with Crippen LogP contribution in [0.25, 0.3) is 11.7 Å². The number of hydrogen-bond donors (Lipinski definition) is 0. The van der Waals surface area contributed by atoms with Crippen molar-refractivity contribution in [3.8, 4) is 17.5 Å². The Balaban J connectivity index is 0.00000256. The molecule has 4 rings (SSSR count). The number of hydrogen-bond acceptors (Lipinski definition) is 10. The molecule has 0 spiro atoms. The van der Waals surface area contributed by atoms with Gasteiger partial charge in [0, 0.05) is 32.0 Å². The summed E-state index contributed by atoms with van der Waals surface area (Å²) in [5.74, 6) is -0.802. The monoisotopic (exact) mass is 489 g/mol. The maximum atomic E-state index is 13.4. The zero-order valence-electron chi connectivity index (χ0n) is 15.9. The molecule has 3 aromatic rings. The number of carboxylic acids is 1. The van der Waals surface area contributed by atoms with Gasteiger partial charge < -0.3 is 24.1 Å².